The van der Waals surface area contributed by atoms with Crippen LogP contribution >= 0.6 is 0 Å². The smallest absolute Gasteiger partial charge is 0.237 e. The first-order valence-electron chi connectivity index (χ1n) is 6.28. The highest BCUT2D eigenvalue weighted by atomic mass is 16.1. The van der Waals surface area contributed by atoms with Crippen LogP contribution < -0.4 is 5.32 Å². The Bertz CT molecular complexity index is 313. The van der Waals surface area contributed by atoms with Crippen molar-refractivity contribution in [3.05, 3.63) is 0 Å². The van der Waals surface area contributed by atoms with Gasteiger partial charge in [0.15, 0.2) is 0 Å². The molecule has 1 rings (SSSR count). The highest BCUT2D eigenvalue weighted by Crippen LogP contribution is 2.35. The van der Waals surface area contributed by atoms with Crippen LogP contribution in [0.1, 0.15) is 33.1 Å². The third-order valence-electron chi connectivity index (χ3n) is 3.91. The van der Waals surface area contributed by atoms with Crippen LogP contribution in [-0.2, 0) is 4.79 Å². The lowest BCUT2D eigenvalue weighted by molar-refractivity contribution is -0.125. The fraction of sp³-hybridized carbons (Fsp3) is 0.846. The molecule has 4 nitrogen and oxygen atoms in total. The molecule has 0 aromatic heterocycles. The average molecular weight is 237 g/mol. The Hall–Kier alpha value is -1.08. The van der Waals surface area contributed by atoms with E-state index in [0.717, 1.165) is 12.8 Å². The molecular formula is C13H23N3O. The van der Waals surface area contributed by atoms with E-state index in [2.05, 4.69) is 30.4 Å². The second-order valence-corrected chi connectivity index (χ2v) is 5.54. The maximum absolute atomic E-state index is 11.9. The number of nitrogens with zero attached hydrogens (tertiary/aromatic N) is 2. The van der Waals surface area contributed by atoms with Gasteiger partial charge in [-0.25, -0.2) is 0 Å². The van der Waals surface area contributed by atoms with E-state index in [1.165, 1.54) is 6.42 Å². The molecule has 1 saturated carbocycles. The monoisotopic (exact) mass is 237 g/mol. The number of amides is 1. The standard InChI is InChI=1S/C13H23N3O/c1-10(2)11(8-14)12(17)15-9-13(16(3)4)6-5-7-13/h10-11H,5-7,9H2,1-4H3,(H,15,17). The second kappa shape index (κ2) is 5.50. The minimum atomic E-state index is -0.533. The molecule has 0 aliphatic heterocycles. The van der Waals surface area contributed by atoms with Gasteiger partial charge in [-0.05, 0) is 39.3 Å². The maximum atomic E-state index is 11.9. The van der Waals surface area contributed by atoms with Gasteiger partial charge in [0.05, 0.1) is 6.07 Å². The van der Waals surface area contributed by atoms with Gasteiger partial charge < -0.3 is 10.2 Å². The number of rotatable bonds is 5. The SMILES string of the molecule is CC(C)C(C#N)C(=O)NCC1(N(C)C)CCC1. The van der Waals surface area contributed by atoms with E-state index in [0.29, 0.717) is 6.54 Å². The van der Waals surface area contributed by atoms with Crippen LogP contribution in [0.15, 0.2) is 0 Å². The highest BCUT2D eigenvalue weighted by Gasteiger charge is 2.39. The topological polar surface area (TPSA) is 56.1 Å². The Balaban J connectivity index is 2.50. The van der Waals surface area contributed by atoms with Gasteiger partial charge in [-0.2, -0.15) is 5.26 Å². The lowest BCUT2D eigenvalue weighted by atomic mass is 9.75. The van der Waals surface area contributed by atoms with Gasteiger partial charge in [-0.15, -0.1) is 0 Å². The first-order chi connectivity index (χ1) is 7.93. The summed E-state index contributed by atoms with van der Waals surface area (Å²) in [4.78, 5) is 14.1. The number of likely N-dealkylation sites (N-methyl/N-ethyl adjacent to an activating group) is 1. The summed E-state index contributed by atoms with van der Waals surface area (Å²) in [6.07, 6.45) is 3.47. The molecule has 0 aromatic carbocycles. The van der Waals surface area contributed by atoms with Gasteiger partial charge in [0, 0.05) is 12.1 Å². The predicted molar refractivity (Wildman–Crippen MR) is 67.2 cm³/mol. The molecule has 96 valence electrons. The molecule has 0 heterocycles. The fourth-order valence-corrected chi connectivity index (χ4v) is 2.24. The van der Waals surface area contributed by atoms with Gasteiger partial charge in [0.1, 0.15) is 5.92 Å². The Kier molecular flexibility index (Phi) is 4.53. The molecule has 1 unspecified atom stereocenters. The van der Waals surface area contributed by atoms with E-state index in [-0.39, 0.29) is 17.4 Å². The van der Waals surface area contributed by atoms with Gasteiger partial charge in [-0.1, -0.05) is 13.8 Å². The van der Waals surface area contributed by atoms with E-state index in [4.69, 9.17) is 5.26 Å². The Morgan fingerprint density at radius 1 is 1.47 bits per heavy atom. The maximum Gasteiger partial charge on any atom is 0.237 e. The van der Waals surface area contributed by atoms with Crippen molar-refractivity contribution in [3.63, 3.8) is 0 Å². The number of hydrogen-bond acceptors (Lipinski definition) is 3. The zero-order valence-electron chi connectivity index (χ0n) is 11.3. The minimum Gasteiger partial charge on any atom is -0.353 e. The number of carbonyl (C=O) groups is 1. The second-order valence-electron chi connectivity index (χ2n) is 5.54. The van der Waals surface area contributed by atoms with E-state index < -0.39 is 5.92 Å². The van der Waals surface area contributed by atoms with Crippen molar-refractivity contribution < 1.29 is 4.79 Å². The lowest BCUT2D eigenvalue weighted by Crippen LogP contribution is -2.57. The molecule has 4 heteroatoms. The third-order valence-corrected chi connectivity index (χ3v) is 3.91. The van der Waals surface area contributed by atoms with Crippen molar-refractivity contribution in [2.75, 3.05) is 20.6 Å². The molecule has 1 aliphatic rings. The summed E-state index contributed by atoms with van der Waals surface area (Å²) >= 11 is 0. The van der Waals surface area contributed by atoms with Gasteiger partial charge in [0.25, 0.3) is 0 Å². The molecule has 0 aromatic rings. The van der Waals surface area contributed by atoms with E-state index >= 15 is 0 Å². The van der Waals surface area contributed by atoms with Crippen LogP contribution in [0, 0.1) is 23.2 Å². The normalized spacial score (nSPS) is 19.6. The molecule has 1 amide bonds. The van der Waals surface area contributed by atoms with Gasteiger partial charge >= 0.3 is 0 Å². The first kappa shape index (κ1) is 14.0. The summed E-state index contributed by atoms with van der Waals surface area (Å²) in [6.45, 7) is 4.46. The molecule has 1 N–H and O–H groups in total. The summed E-state index contributed by atoms with van der Waals surface area (Å²) in [5.41, 5.74) is 0.118. The van der Waals surface area contributed by atoms with E-state index in [9.17, 15) is 4.79 Å². The minimum absolute atomic E-state index is 0.0664. The van der Waals surface area contributed by atoms with E-state index in [1.807, 2.05) is 13.8 Å². The molecule has 0 saturated heterocycles. The van der Waals surface area contributed by atoms with Crippen LogP contribution in [-0.4, -0.2) is 37.0 Å². The van der Waals surface area contributed by atoms with Crippen molar-refractivity contribution in [1.82, 2.24) is 10.2 Å². The molecule has 0 bridgehead atoms. The molecule has 1 atom stereocenters. The van der Waals surface area contributed by atoms with Gasteiger partial charge in [-0.3, -0.25) is 4.79 Å². The third kappa shape index (κ3) is 2.98. The molecule has 1 fully saturated rings. The highest BCUT2D eigenvalue weighted by molar-refractivity contribution is 5.81. The quantitative estimate of drug-likeness (QED) is 0.786. The molecule has 0 radical (unpaired) electrons. The summed E-state index contributed by atoms with van der Waals surface area (Å²) in [5.74, 6) is -0.596. The van der Waals surface area contributed by atoms with Crippen LogP contribution in [0.4, 0.5) is 0 Å². The van der Waals surface area contributed by atoms with Crippen molar-refractivity contribution >= 4 is 5.91 Å². The lowest BCUT2D eigenvalue weighted by Gasteiger charge is -2.47. The van der Waals surface area contributed by atoms with Crippen LogP contribution in [0.25, 0.3) is 0 Å². The zero-order valence-corrected chi connectivity index (χ0v) is 11.3. The number of nitrogens with one attached hydrogen (secondary N) is 1. The van der Waals surface area contributed by atoms with Crippen molar-refractivity contribution in [2.45, 2.75) is 38.6 Å². The van der Waals surface area contributed by atoms with Crippen molar-refractivity contribution in [3.8, 4) is 6.07 Å². The predicted octanol–water partition coefficient (Wildman–Crippen LogP) is 1.38. The van der Waals surface area contributed by atoms with Crippen LogP contribution in [0.3, 0.4) is 0 Å². The number of hydrogen-bond donors (Lipinski definition) is 1. The molecular weight excluding hydrogens is 214 g/mol. The Labute approximate surface area is 104 Å². The summed E-state index contributed by atoms with van der Waals surface area (Å²) in [7, 11) is 4.10. The number of nitriles is 1. The van der Waals surface area contributed by atoms with E-state index in [1.54, 1.807) is 0 Å². The fourth-order valence-electron chi connectivity index (χ4n) is 2.24. The van der Waals surface area contributed by atoms with Gasteiger partial charge in [0.2, 0.25) is 5.91 Å². The average Bonchev–Trinajstić information content (AvgIpc) is 2.15. The molecule has 17 heavy (non-hydrogen) atoms. The first-order valence-corrected chi connectivity index (χ1v) is 6.28. The van der Waals surface area contributed by atoms with Crippen molar-refractivity contribution in [1.29, 1.82) is 5.26 Å². The summed E-state index contributed by atoms with van der Waals surface area (Å²) < 4.78 is 0. The largest absolute Gasteiger partial charge is 0.353 e. The molecule has 0 spiro atoms. The molecule has 1 aliphatic carbocycles. The number of carbonyl (C=O) groups excluding carboxylic acids is 1. The Morgan fingerprint density at radius 3 is 2.35 bits per heavy atom. The summed E-state index contributed by atoms with van der Waals surface area (Å²) in [5, 5.41) is 11.9. The summed E-state index contributed by atoms with van der Waals surface area (Å²) in [6, 6.07) is 2.08. The van der Waals surface area contributed by atoms with Crippen molar-refractivity contribution in [2.24, 2.45) is 11.8 Å². The van der Waals surface area contributed by atoms with Crippen LogP contribution in [0.5, 0.6) is 0 Å². The Morgan fingerprint density at radius 2 is 2.06 bits per heavy atom. The zero-order chi connectivity index (χ0) is 13.1. The van der Waals surface area contributed by atoms with Crippen LogP contribution in [0.2, 0.25) is 0 Å².